The van der Waals surface area contributed by atoms with Crippen LogP contribution in [-0.2, 0) is 16.6 Å². The van der Waals surface area contributed by atoms with Gasteiger partial charge in [-0.1, -0.05) is 20.8 Å². The van der Waals surface area contributed by atoms with Gasteiger partial charge in [-0.05, 0) is 20.3 Å². The lowest BCUT2D eigenvalue weighted by atomic mass is 9.90. The summed E-state index contributed by atoms with van der Waals surface area (Å²) < 4.78 is 0. The molecule has 0 amide bonds. The molecule has 1 N–H and O–H groups in total. The van der Waals surface area contributed by atoms with Gasteiger partial charge < -0.3 is 10.0 Å². The zero-order valence-corrected chi connectivity index (χ0v) is 13.3. The quantitative estimate of drug-likeness (QED) is 0.871. The summed E-state index contributed by atoms with van der Waals surface area (Å²) in [5.41, 5.74) is 0.996. The molecule has 0 fully saturated rings. The molecule has 0 saturated carbocycles. The van der Waals surface area contributed by atoms with Gasteiger partial charge >= 0.3 is 5.97 Å². The van der Waals surface area contributed by atoms with Crippen LogP contribution in [0.5, 0.6) is 0 Å². The highest BCUT2D eigenvalue weighted by molar-refractivity contribution is 7.15. The van der Waals surface area contributed by atoms with Gasteiger partial charge in [0.15, 0.2) is 5.13 Å². The molecule has 0 atom stereocenters. The Morgan fingerprint density at radius 3 is 2.32 bits per heavy atom. The molecule has 0 radical (unpaired) electrons. The van der Waals surface area contributed by atoms with Crippen LogP contribution in [0, 0.1) is 0 Å². The minimum absolute atomic E-state index is 0.0459. The Labute approximate surface area is 119 Å². The molecule has 4 nitrogen and oxygen atoms in total. The molecular weight excluding hydrogens is 260 g/mol. The number of anilines is 1. The highest BCUT2D eigenvalue weighted by Crippen LogP contribution is 2.34. The average Bonchev–Trinajstić information content (AvgIpc) is 2.72. The van der Waals surface area contributed by atoms with Crippen LogP contribution in [-0.4, -0.2) is 29.1 Å². The van der Waals surface area contributed by atoms with Crippen molar-refractivity contribution >= 4 is 22.4 Å². The highest BCUT2D eigenvalue weighted by Gasteiger charge is 2.24. The molecule has 5 heteroatoms. The van der Waals surface area contributed by atoms with E-state index in [1.54, 1.807) is 11.3 Å². The number of carbonyl (C=O) groups is 1. The molecule has 0 bridgehead atoms. The van der Waals surface area contributed by atoms with E-state index in [1.165, 1.54) is 0 Å². The number of aliphatic carboxylic acids is 1. The number of thiazole rings is 1. The smallest absolute Gasteiger partial charge is 0.303 e. The summed E-state index contributed by atoms with van der Waals surface area (Å²) in [6.07, 6.45) is 0.740. The average molecular weight is 284 g/mol. The molecule has 19 heavy (non-hydrogen) atoms. The van der Waals surface area contributed by atoms with Crippen LogP contribution in [0.3, 0.4) is 0 Å². The molecule has 0 unspecified atom stereocenters. The minimum atomic E-state index is -0.752. The summed E-state index contributed by atoms with van der Waals surface area (Å²) >= 11 is 1.64. The van der Waals surface area contributed by atoms with E-state index in [1.807, 2.05) is 0 Å². The van der Waals surface area contributed by atoms with Gasteiger partial charge in [0.05, 0.1) is 12.1 Å². The van der Waals surface area contributed by atoms with E-state index in [9.17, 15) is 4.79 Å². The number of nitrogens with zero attached hydrogens (tertiary/aromatic N) is 2. The van der Waals surface area contributed by atoms with Crippen LogP contribution < -0.4 is 4.90 Å². The Balaban J connectivity index is 3.08. The van der Waals surface area contributed by atoms with E-state index in [2.05, 4.69) is 39.5 Å². The number of hydrogen-bond acceptors (Lipinski definition) is 4. The summed E-state index contributed by atoms with van der Waals surface area (Å²) in [5, 5.41) is 9.86. The zero-order valence-electron chi connectivity index (χ0n) is 12.5. The maximum absolute atomic E-state index is 10.8. The molecule has 1 aromatic heterocycles. The number of hydrogen-bond donors (Lipinski definition) is 1. The first-order valence-electron chi connectivity index (χ1n) is 6.76. The van der Waals surface area contributed by atoms with Gasteiger partial charge in [0.25, 0.3) is 0 Å². The number of aromatic nitrogens is 1. The van der Waals surface area contributed by atoms with Crippen molar-refractivity contribution in [1.29, 1.82) is 0 Å². The Morgan fingerprint density at radius 1 is 1.32 bits per heavy atom. The van der Waals surface area contributed by atoms with Crippen LogP contribution in [0.15, 0.2) is 0 Å². The standard InChI is InChI=1S/C14H24N2O2S/c1-6-16(7-2)13-15-12(14(3,4)5)10(19-13)8-9-11(17)18/h6-9H2,1-5H3,(H,17,18). The molecule has 1 aromatic rings. The summed E-state index contributed by atoms with van der Waals surface area (Å²) in [5.74, 6) is -0.752. The second-order valence-electron chi connectivity index (χ2n) is 5.58. The van der Waals surface area contributed by atoms with E-state index < -0.39 is 5.97 Å². The lowest BCUT2D eigenvalue weighted by Crippen LogP contribution is -2.22. The SMILES string of the molecule is CCN(CC)c1nc(C(C)(C)C)c(CCC(=O)O)s1. The largest absolute Gasteiger partial charge is 0.481 e. The van der Waals surface area contributed by atoms with Gasteiger partial charge in [0.1, 0.15) is 0 Å². The maximum Gasteiger partial charge on any atom is 0.303 e. The molecule has 0 spiro atoms. The lowest BCUT2D eigenvalue weighted by Gasteiger charge is -2.18. The van der Waals surface area contributed by atoms with E-state index >= 15 is 0 Å². The van der Waals surface area contributed by atoms with Gasteiger partial charge in [-0.2, -0.15) is 0 Å². The molecule has 0 aliphatic rings. The number of carboxylic acids is 1. The fourth-order valence-electron chi connectivity index (χ4n) is 1.94. The molecule has 1 heterocycles. The Kier molecular flexibility index (Phi) is 5.35. The van der Waals surface area contributed by atoms with Crippen molar-refractivity contribution in [3.63, 3.8) is 0 Å². The van der Waals surface area contributed by atoms with Crippen molar-refractivity contribution in [3.8, 4) is 0 Å². The van der Waals surface area contributed by atoms with E-state index in [4.69, 9.17) is 10.1 Å². The fraction of sp³-hybridized carbons (Fsp3) is 0.714. The van der Waals surface area contributed by atoms with E-state index in [0.29, 0.717) is 6.42 Å². The second kappa shape index (κ2) is 6.37. The van der Waals surface area contributed by atoms with Crippen molar-refractivity contribution in [2.24, 2.45) is 0 Å². The fourth-order valence-corrected chi connectivity index (χ4v) is 3.34. The monoisotopic (exact) mass is 284 g/mol. The van der Waals surface area contributed by atoms with Crippen LogP contribution in [0.2, 0.25) is 0 Å². The predicted molar refractivity (Wildman–Crippen MR) is 80.3 cm³/mol. The Morgan fingerprint density at radius 2 is 1.89 bits per heavy atom. The number of carboxylic acid groups (broad SMARTS) is 1. The molecule has 0 saturated heterocycles. The van der Waals surface area contributed by atoms with Crippen molar-refractivity contribution in [3.05, 3.63) is 10.6 Å². The third-order valence-electron chi connectivity index (χ3n) is 3.00. The lowest BCUT2D eigenvalue weighted by molar-refractivity contribution is -0.136. The van der Waals surface area contributed by atoms with Crippen molar-refractivity contribution in [2.75, 3.05) is 18.0 Å². The maximum atomic E-state index is 10.8. The zero-order chi connectivity index (χ0) is 14.6. The molecule has 108 valence electrons. The summed E-state index contributed by atoms with van der Waals surface area (Å²) in [6, 6.07) is 0. The predicted octanol–water partition coefficient (Wildman–Crippen LogP) is 3.30. The molecule has 0 aliphatic heterocycles. The highest BCUT2D eigenvalue weighted by atomic mass is 32.1. The Bertz CT molecular complexity index is 431. The van der Waals surface area contributed by atoms with Gasteiger partial charge in [0.2, 0.25) is 0 Å². The van der Waals surface area contributed by atoms with Gasteiger partial charge in [0, 0.05) is 23.4 Å². The number of aryl methyl sites for hydroxylation is 1. The van der Waals surface area contributed by atoms with Crippen LogP contribution in [0.25, 0.3) is 0 Å². The van der Waals surface area contributed by atoms with Crippen molar-refractivity contribution in [2.45, 2.75) is 52.9 Å². The minimum Gasteiger partial charge on any atom is -0.481 e. The Hall–Kier alpha value is -1.10. The van der Waals surface area contributed by atoms with Crippen LogP contribution in [0.4, 0.5) is 5.13 Å². The van der Waals surface area contributed by atoms with E-state index in [0.717, 1.165) is 28.8 Å². The summed E-state index contributed by atoms with van der Waals surface area (Å²) in [7, 11) is 0. The molecule has 0 aliphatic carbocycles. The van der Waals surface area contributed by atoms with Crippen LogP contribution >= 0.6 is 11.3 Å². The van der Waals surface area contributed by atoms with Crippen LogP contribution in [0.1, 0.15) is 51.6 Å². The topological polar surface area (TPSA) is 53.4 Å². The third kappa shape index (κ3) is 4.20. The van der Waals surface area contributed by atoms with Crippen molar-refractivity contribution < 1.29 is 9.90 Å². The van der Waals surface area contributed by atoms with Gasteiger partial charge in [-0.3, -0.25) is 4.79 Å². The van der Waals surface area contributed by atoms with Crippen molar-refractivity contribution in [1.82, 2.24) is 4.98 Å². The molecule has 1 rings (SSSR count). The van der Waals surface area contributed by atoms with E-state index in [-0.39, 0.29) is 11.8 Å². The third-order valence-corrected chi connectivity index (χ3v) is 4.17. The first-order valence-corrected chi connectivity index (χ1v) is 7.58. The summed E-state index contributed by atoms with van der Waals surface area (Å²) in [6.45, 7) is 12.4. The molecule has 0 aromatic carbocycles. The van der Waals surface area contributed by atoms with Gasteiger partial charge in [-0.15, -0.1) is 11.3 Å². The second-order valence-corrected chi connectivity index (χ2v) is 6.65. The number of rotatable bonds is 6. The summed E-state index contributed by atoms with van der Waals surface area (Å²) in [4.78, 5) is 18.8. The normalized spacial score (nSPS) is 11.6. The first kappa shape index (κ1) is 16.0. The molecular formula is C14H24N2O2S. The first-order chi connectivity index (χ1) is 8.79. The van der Waals surface area contributed by atoms with Gasteiger partial charge in [-0.25, -0.2) is 4.98 Å².